The van der Waals surface area contributed by atoms with E-state index in [1.54, 1.807) is 24.3 Å². The quantitative estimate of drug-likeness (QED) is 0.431. The number of amides is 1. The molecule has 0 radical (unpaired) electrons. The van der Waals surface area contributed by atoms with E-state index in [0.29, 0.717) is 35.4 Å². The number of nitrogens with two attached hydrogens (primary N) is 1. The lowest BCUT2D eigenvalue weighted by molar-refractivity contribution is 0.0696. The number of carboxylic acids is 1. The van der Waals surface area contributed by atoms with Crippen molar-refractivity contribution in [3.63, 3.8) is 0 Å². The van der Waals surface area contributed by atoms with Crippen LogP contribution in [0.15, 0.2) is 72.2 Å². The number of nitrogens with zero attached hydrogens (tertiary/aromatic N) is 2. The standard InChI is InChI=1S/C29H36N4O5/c1-21(31-28(34)23-6-8-25(9-7-23)32-15-17-37-18-16-32)5-10-27(30)33-13-11-22(12-14-33)20-38-26-4-2-3-24(19-26)29(35)36/h2-10,19,22H,11-18,20,30H2,1H3,(H,31,34)(H,35,36)/b21-5+,27-10+. The second kappa shape index (κ2) is 13.0. The van der Waals surface area contributed by atoms with Crippen molar-refractivity contribution >= 4 is 17.6 Å². The van der Waals surface area contributed by atoms with Crippen LogP contribution in [0, 0.1) is 5.92 Å². The first-order valence-corrected chi connectivity index (χ1v) is 13.0. The van der Waals surface area contributed by atoms with Gasteiger partial charge in [0.2, 0.25) is 0 Å². The number of allylic oxidation sites excluding steroid dienone is 3. The van der Waals surface area contributed by atoms with E-state index < -0.39 is 5.97 Å². The number of morpholine rings is 1. The molecule has 202 valence electrons. The van der Waals surface area contributed by atoms with Crippen molar-refractivity contribution in [2.24, 2.45) is 11.7 Å². The van der Waals surface area contributed by atoms with Crippen molar-refractivity contribution in [3.05, 3.63) is 83.3 Å². The van der Waals surface area contributed by atoms with Crippen LogP contribution in [-0.4, -0.2) is 67.9 Å². The number of aromatic carboxylic acids is 1. The summed E-state index contributed by atoms with van der Waals surface area (Å²) in [5.74, 6) is 0.477. The maximum absolute atomic E-state index is 12.7. The van der Waals surface area contributed by atoms with Gasteiger partial charge in [-0.15, -0.1) is 0 Å². The summed E-state index contributed by atoms with van der Waals surface area (Å²) in [5.41, 5.74) is 8.94. The molecule has 0 unspecified atom stereocenters. The Bertz CT molecular complexity index is 1160. The highest BCUT2D eigenvalue weighted by Gasteiger charge is 2.20. The highest BCUT2D eigenvalue weighted by molar-refractivity contribution is 5.95. The van der Waals surface area contributed by atoms with Crippen LogP contribution in [0.25, 0.3) is 0 Å². The van der Waals surface area contributed by atoms with Crippen LogP contribution >= 0.6 is 0 Å². The molecule has 2 aliphatic heterocycles. The summed E-state index contributed by atoms with van der Waals surface area (Å²) in [6.45, 7) is 7.15. The fourth-order valence-corrected chi connectivity index (χ4v) is 4.54. The van der Waals surface area contributed by atoms with E-state index in [4.69, 9.17) is 20.3 Å². The van der Waals surface area contributed by atoms with Gasteiger partial charge in [0.15, 0.2) is 0 Å². The van der Waals surface area contributed by atoms with E-state index in [0.717, 1.165) is 57.9 Å². The summed E-state index contributed by atoms with van der Waals surface area (Å²) >= 11 is 0. The van der Waals surface area contributed by atoms with Crippen molar-refractivity contribution in [2.45, 2.75) is 19.8 Å². The van der Waals surface area contributed by atoms with Gasteiger partial charge in [-0.1, -0.05) is 6.07 Å². The third-order valence-corrected chi connectivity index (χ3v) is 6.87. The van der Waals surface area contributed by atoms with Crippen molar-refractivity contribution in [1.82, 2.24) is 10.2 Å². The van der Waals surface area contributed by atoms with Crippen LogP contribution < -0.4 is 20.7 Å². The molecule has 9 nitrogen and oxygen atoms in total. The third-order valence-electron chi connectivity index (χ3n) is 6.87. The van der Waals surface area contributed by atoms with Crippen LogP contribution in [0.3, 0.4) is 0 Å². The second-order valence-electron chi connectivity index (χ2n) is 9.62. The molecule has 2 aromatic rings. The molecule has 0 spiro atoms. The van der Waals surface area contributed by atoms with Gasteiger partial charge in [-0.3, -0.25) is 4.79 Å². The summed E-state index contributed by atoms with van der Waals surface area (Å²) < 4.78 is 11.2. The van der Waals surface area contributed by atoms with E-state index >= 15 is 0 Å². The molecule has 2 aliphatic rings. The maximum atomic E-state index is 12.7. The molecule has 0 saturated carbocycles. The lowest BCUT2D eigenvalue weighted by atomic mass is 9.98. The normalized spacial score (nSPS) is 17.3. The monoisotopic (exact) mass is 520 g/mol. The molecule has 9 heteroatoms. The molecule has 2 aromatic carbocycles. The number of likely N-dealkylation sites (tertiary alicyclic amines) is 1. The Hall–Kier alpha value is -3.98. The second-order valence-corrected chi connectivity index (χ2v) is 9.62. The molecule has 0 aliphatic carbocycles. The Morgan fingerprint density at radius 1 is 1.05 bits per heavy atom. The summed E-state index contributed by atoms with van der Waals surface area (Å²) in [6.07, 6.45) is 5.49. The predicted octanol–water partition coefficient (Wildman–Crippen LogP) is 3.45. The number of nitrogens with one attached hydrogen (secondary N) is 1. The van der Waals surface area contributed by atoms with Gasteiger partial charge in [0.1, 0.15) is 5.75 Å². The molecular formula is C29H36N4O5. The lowest BCUT2D eigenvalue weighted by Crippen LogP contribution is -2.37. The van der Waals surface area contributed by atoms with Gasteiger partial charge in [0.05, 0.1) is 31.2 Å². The number of ether oxygens (including phenoxy) is 2. The summed E-state index contributed by atoms with van der Waals surface area (Å²) in [7, 11) is 0. The summed E-state index contributed by atoms with van der Waals surface area (Å²) in [5, 5.41) is 12.0. The Morgan fingerprint density at radius 3 is 2.45 bits per heavy atom. The number of carboxylic acid groups (broad SMARTS) is 1. The molecule has 4 rings (SSSR count). The molecule has 1 amide bonds. The Labute approximate surface area is 223 Å². The predicted molar refractivity (Wildman–Crippen MR) is 146 cm³/mol. The zero-order valence-electron chi connectivity index (χ0n) is 21.8. The molecule has 0 bridgehead atoms. The topological polar surface area (TPSA) is 117 Å². The molecule has 0 atom stereocenters. The average Bonchev–Trinajstić information content (AvgIpc) is 2.95. The van der Waals surface area contributed by atoms with Crippen LogP contribution in [0.2, 0.25) is 0 Å². The zero-order chi connectivity index (χ0) is 26.9. The lowest BCUT2D eigenvalue weighted by Gasteiger charge is -2.33. The number of carbonyl (C=O) groups is 2. The molecular weight excluding hydrogens is 484 g/mol. The first-order valence-electron chi connectivity index (χ1n) is 13.0. The summed E-state index contributed by atoms with van der Waals surface area (Å²) in [4.78, 5) is 28.2. The number of benzene rings is 2. The Balaban J connectivity index is 1.22. The highest BCUT2D eigenvalue weighted by atomic mass is 16.5. The van der Waals surface area contributed by atoms with Crippen molar-refractivity contribution in [3.8, 4) is 5.75 Å². The molecule has 2 heterocycles. The number of carbonyl (C=O) groups excluding carboxylic acids is 1. The van der Waals surface area contributed by atoms with Gasteiger partial charge in [0, 0.05) is 43.1 Å². The zero-order valence-corrected chi connectivity index (χ0v) is 21.8. The van der Waals surface area contributed by atoms with Gasteiger partial charge >= 0.3 is 5.97 Å². The SMILES string of the molecule is C/C(=C\C=C(/N)N1CCC(COc2cccc(C(=O)O)c2)CC1)NC(=O)c1ccc(N2CCOCC2)cc1. The minimum absolute atomic E-state index is 0.158. The van der Waals surface area contributed by atoms with E-state index in [2.05, 4.69) is 15.1 Å². The first-order chi connectivity index (χ1) is 18.4. The maximum Gasteiger partial charge on any atom is 0.335 e. The molecule has 4 N–H and O–H groups in total. The van der Waals surface area contributed by atoms with E-state index in [9.17, 15) is 9.59 Å². The van der Waals surface area contributed by atoms with Gasteiger partial charge < -0.3 is 35.4 Å². The Kier molecular flexibility index (Phi) is 9.26. The van der Waals surface area contributed by atoms with Gasteiger partial charge in [-0.25, -0.2) is 4.79 Å². The van der Waals surface area contributed by atoms with Gasteiger partial charge in [-0.2, -0.15) is 0 Å². The van der Waals surface area contributed by atoms with Crippen LogP contribution in [0.1, 0.15) is 40.5 Å². The fraction of sp³-hybridized carbons (Fsp3) is 0.379. The van der Waals surface area contributed by atoms with Crippen molar-refractivity contribution in [2.75, 3.05) is 50.9 Å². The smallest absolute Gasteiger partial charge is 0.335 e. The fourth-order valence-electron chi connectivity index (χ4n) is 4.54. The minimum atomic E-state index is -0.965. The van der Waals surface area contributed by atoms with Crippen molar-refractivity contribution in [1.29, 1.82) is 0 Å². The van der Waals surface area contributed by atoms with Crippen LogP contribution in [-0.2, 0) is 4.74 Å². The molecule has 38 heavy (non-hydrogen) atoms. The van der Waals surface area contributed by atoms with Gasteiger partial charge in [-0.05, 0) is 80.3 Å². The third kappa shape index (κ3) is 7.52. The largest absolute Gasteiger partial charge is 0.493 e. The summed E-state index contributed by atoms with van der Waals surface area (Å²) in [6, 6.07) is 14.2. The number of anilines is 1. The van der Waals surface area contributed by atoms with E-state index in [-0.39, 0.29) is 11.5 Å². The number of hydrogen-bond donors (Lipinski definition) is 3. The highest BCUT2D eigenvalue weighted by Crippen LogP contribution is 2.22. The number of hydrogen-bond acceptors (Lipinski definition) is 7. The number of piperidine rings is 1. The van der Waals surface area contributed by atoms with E-state index in [1.807, 2.05) is 43.3 Å². The Morgan fingerprint density at radius 2 is 1.76 bits per heavy atom. The number of rotatable bonds is 9. The van der Waals surface area contributed by atoms with E-state index in [1.165, 1.54) is 0 Å². The van der Waals surface area contributed by atoms with Gasteiger partial charge in [0.25, 0.3) is 5.91 Å². The minimum Gasteiger partial charge on any atom is -0.493 e. The average molecular weight is 521 g/mol. The molecule has 0 aromatic heterocycles. The first kappa shape index (κ1) is 27.1. The van der Waals surface area contributed by atoms with Crippen LogP contribution in [0.5, 0.6) is 5.75 Å². The van der Waals surface area contributed by atoms with Crippen LogP contribution in [0.4, 0.5) is 5.69 Å². The van der Waals surface area contributed by atoms with Crippen molar-refractivity contribution < 1.29 is 24.2 Å². The molecule has 2 fully saturated rings. The molecule has 2 saturated heterocycles.